The van der Waals surface area contributed by atoms with E-state index in [2.05, 4.69) is 0 Å². The molecule has 0 spiro atoms. The number of benzene rings is 4. The topological polar surface area (TPSA) is 105 Å². The lowest BCUT2D eigenvalue weighted by atomic mass is 9.92. The summed E-state index contributed by atoms with van der Waals surface area (Å²) in [5.74, 6) is -2.02. The third-order valence-electron chi connectivity index (χ3n) is 5.21. The molecule has 0 aliphatic heterocycles. The maximum Gasteiger partial charge on any atom is 0.308 e. The van der Waals surface area contributed by atoms with E-state index in [9.17, 15) is 19.2 Å². The van der Waals surface area contributed by atoms with E-state index in [1.165, 1.54) is 27.7 Å². The zero-order valence-electron chi connectivity index (χ0n) is 20.0. The SMILES string of the molecule is CC(=O)Oc1cc(-c2cc(OC(C)=O)c(OC(C)=O)c3ccccc23)c2ccccc2c1OC(C)=O. The van der Waals surface area contributed by atoms with Crippen molar-refractivity contribution in [1.29, 1.82) is 0 Å². The van der Waals surface area contributed by atoms with Crippen molar-refractivity contribution in [2.75, 3.05) is 0 Å². The highest BCUT2D eigenvalue weighted by molar-refractivity contribution is 6.11. The molecule has 0 fully saturated rings. The molecule has 0 radical (unpaired) electrons. The number of rotatable bonds is 5. The average Bonchev–Trinajstić information content (AvgIpc) is 2.81. The molecule has 4 aromatic carbocycles. The fourth-order valence-electron chi connectivity index (χ4n) is 4.05. The third kappa shape index (κ3) is 4.88. The normalized spacial score (nSPS) is 10.7. The van der Waals surface area contributed by atoms with Crippen molar-refractivity contribution in [1.82, 2.24) is 0 Å². The van der Waals surface area contributed by atoms with Crippen LogP contribution in [0.5, 0.6) is 23.0 Å². The van der Waals surface area contributed by atoms with Crippen molar-refractivity contribution < 1.29 is 38.1 Å². The molecule has 4 rings (SSSR count). The van der Waals surface area contributed by atoms with Crippen LogP contribution in [0.15, 0.2) is 60.7 Å². The van der Waals surface area contributed by atoms with Gasteiger partial charge < -0.3 is 18.9 Å². The first kappa shape index (κ1) is 24.4. The lowest BCUT2D eigenvalue weighted by Crippen LogP contribution is -2.09. The minimum atomic E-state index is -0.597. The average molecular weight is 486 g/mol. The highest BCUT2D eigenvalue weighted by Crippen LogP contribution is 2.47. The van der Waals surface area contributed by atoms with Crippen LogP contribution >= 0.6 is 0 Å². The van der Waals surface area contributed by atoms with Gasteiger partial charge in [0, 0.05) is 38.5 Å². The van der Waals surface area contributed by atoms with Gasteiger partial charge in [-0.05, 0) is 34.0 Å². The fourth-order valence-corrected chi connectivity index (χ4v) is 4.05. The summed E-state index contributed by atoms with van der Waals surface area (Å²) in [6.07, 6.45) is 0. The molecule has 8 nitrogen and oxygen atoms in total. The summed E-state index contributed by atoms with van der Waals surface area (Å²) in [5.41, 5.74) is 1.22. The summed E-state index contributed by atoms with van der Waals surface area (Å²) in [4.78, 5) is 47.5. The van der Waals surface area contributed by atoms with Gasteiger partial charge in [0.05, 0.1) is 0 Å². The van der Waals surface area contributed by atoms with Gasteiger partial charge in [0.15, 0.2) is 23.0 Å². The molecule has 0 saturated carbocycles. The molecule has 0 aromatic heterocycles. The molecule has 0 unspecified atom stereocenters. The Morgan fingerprint density at radius 2 is 0.778 bits per heavy atom. The Bertz CT molecular complexity index is 1430. The molecule has 0 aliphatic carbocycles. The summed E-state index contributed by atoms with van der Waals surface area (Å²) in [5, 5.41) is 2.43. The summed E-state index contributed by atoms with van der Waals surface area (Å²) in [6.45, 7) is 5.00. The van der Waals surface area contributed by atoms with Gasteiger partial charge >= 0.3 is 23.9 Å². The molecule has 0 saturated heterocycles. The zero-order valence-corrected chi connectivity index (χ0v) is 20.0. The zero-order chi connectivity index (χ0) is 26.0. The second-order valence-corrected chi connectivity index (χ2v) is 7.97. The fraction of sp³-hybridized carbons (Fsp3) is 0.143. The van der Waals surface area contributed by atoms with Crippen molar-refractivity contribution in [3.05, 3.63) is 60.7 Å². The number of carbonyl (C=O) groups excluding carboxylic acids is 4. The molecular weight excluding hydrogens is 464 g/mol. The predicted molar refractivity (Wildman–Crippen MR) is 132 cm³/mol. The van der Waals surface area contributed by atoms with Gasteiger partial charge in [-0.1, -0.05) is 48.5 Å². The van der Waals surface area contributed by atoms with Crippen molar-refractivity contribution in [3.63, 3.8) is 0 Å². The van der Waals surface area contributed by atoms with Gasteiger partial charge in [-0.2, -0.15) is 0 Å². The molecule has 0 amide bonds. The van der Waals surface area contributed by atoms with Gasteiger partial charge in [-0.15, -0.1) is 0 Å². The molecule has 0 bridgehead atoms. The van der Waals surface area contributed by atoms with Crippen molar-refractivity contribution >= 4 is 45.4 Å². The number of carbonyl (C=O) groups is 4. The largest absolute Gasteiger partial charge is 0.423 e. The number of esters is 4. The summed E-state index contributed by atoms with van der Waals surface area (Å²) >= 11 is 0. The predicted octanol–water partition coefficient (Wildman–Crippen LogP) is 5.36. The summed E-state index contributed by atoms with van der Waals surface area (Å²) in [7, 11) is 0. The van der Waals surface area contributed by atoms with Crippen LogP contribution < -0.4 is 18.9 Å². The van der Waals surface area contributed by atoms with E-state index in [-0.39, 0.29) is 23.0 Å². The molecule has 0 heterocycles. The Labute approximate surface area is 206 Å². The van der Waals surface area contributed by atoms with Gasteiger partial charge in [0.2, 0.25) is 0 Å². The highest BCUT2D eigenvalue weighted by atomic mass is 16.6. The minimum absolute atomic E-state index is 0.0496. The first-order valence-corrected chi connectivity index (χ1v) is 11.0. The van der Waals surface area contributed by atoms with Gasteiger partial charge in [0.1, 0.15) is 0 Å². The standard InChI is InChI=1S/C28H22O8/c1-15(29)33-25-13-23(19-9-5-7-11-21(19)27(25)35-17(3)31)24-14-26(34-16(2)30)28(36-18(4)32)22-12-8-6-10-20(22)24/h5-14H,1-4H3. The van der Waals surface area contributed by atoms with Crippen molar-refractivity contribution in [3.8, 4) is 34.1 Å². The van der Waals surface area contributed by atoms with E-state index in [0.29, 0.717) is 32.7 Å². The molecule has 0 N–H and O–H groups in total. The highest BCUT2D eigenvalue weighted by Gasteiger charge is 2.23. The minimum Gasteiger partial charge on any atom is -0.423 e. The smallest absolute Gasteiger partial charge is 0.308 e. The molecule has 36 heavy (non-hydrogen) atoms. The third-order valence-corrected chi connectivity index (χ3v) is 5.21. The van der Waals surface area contributed by atoms with Crippen LogP contribution in [0.25, 0.3) is 32.7 Å². The van der Waals surface area contributed by atoms with Crippen LogP contribution in [0.4, 0.5) is 0 Å². The van der Waals surface area contributed by atoms with Gasteiger partial charge in [-0.25, -0.2) is 0 Å². The lowest BCUT2D eigenvalue weighted by molar-refractivity contribution is -0.134. The Balaban J connectivity index is 2.13. The van der Waals surface area contributed by atoms with E-state index in [1.54, 1.807) is 36.4 Å². The van der Waals surface area contributed by atoms with Crippen LogP contribution in [0, 0.1) is 0 Å². The molecule has 0 aliphatic rings. The van der Waals surface area contributed by atoms with Crippen LogP contribution in [0.3, 0.4) is 0 Å². The Hall–Kier alpha value is -4.72. The Morgan fingerprint density at radius 1 is 0.472 bits per heavy atom. The van der Waals surface area contributed by atoms with Crippen LogP contribution in [-0.4, -0.2) is 23.9 Å². The number of hydrogen-bond donors (Lipinski definition) is 0. The second-order valence-electron chi connectivity index (χ2n) is 7.97. The van der Waals surface area contributed by atoms with E-state index in [0.717, 1.165) is 0 Å². The summed E-state index contributed by atoms with van der Waals surface area (Å²) in [6, 6.07) is 17.5. The first-order valence-electron chi connectivity index (χ1n) is 11.0. The van der Waals surface area contributed by atoms with E-state index < -0.39 is 23.9 Å². The number of fused-ring (bicyclic) bond motifs is 2. The van der Waals surface area contributed by atoms with E-state index in [1.807, 2.05) is 24.3 Å². The van der Waals surface area contributed by atoms with Crippen molar-refractivity contribution in [2.24, 2.45) is 0 Å². The molecule has 4 aromatic rings. The lowest BCUT2D eigenvalue weighted by Gasteiger charge is -2.19. The van der Waals surface area contributed by atoms with Crippen molar-refractivity contribution in [2.45, 2.75) is 27.7 Å². The van der Waals surface area contributed by atoms with Gasteiger partial charge in [0.25, 0.3) is 0 Å². The number of hydrogen-bond acceptors (Lipinski definition) is 8. The molecule has 182 valence electrons. The van der Waals surface area contributed by atoms with E-state index in [4.69, 9.17) is 18.9 Å². The van der Waals surface area contributed by atoms with Gasteiger partial charge in [-0.3, -0.25) is 19.2 Å². The second kappa shape index (κ2) is 9.87. The Kier molecular flexibility index (Phi) is 6.69. The molecular formula is C28H22O8. The Morgan fingerprint density at radius 3 is 1.08 bits per heavy atom. The van der Waals surface area contributed by atoms with Crippen LogP contribution in [0.2, 0.25) is 0 Å². The molecule has 8 heteroatoms. The maximum absolute atomic E-state index is 11.9. The first-order chi connectivity index (χ1) is 17.2. The van der Waals surface area contributed by atoms with Crippen LogP contribution in [-0.2, 0) is 19.2 Å². The van der Waals surface area contributed by atoms with Crippen LogP contribution in [0.1, 0.15) is 27.7 Å². The number of ether oxygens (including phenoxy) is 4. The van der Waals surface area contributed by atoms with E-state index >= 15 is 0 Å². The monoisotopic (exact) mass is 486 g/mol. The quantitative estimate of drug-likeness (QED) is 0.274. The summed E-state index contributed by atoms with van der Waals surface area (Å²) < 4.78 is 21.7. The molecule has 0 atom stereocenters. The maximum atomic E-state index is 11.9.